The van der Waals surface area contributed by atoms with E-state index in [4.69, 9.17) is 10.8 Å². The van der Waals surface area contributed by atoms with E-state index in [1.54, 1.807) is 24.1 Å². The molecule has 0 aliphatic rings. The Bertz CT molecular complexity index is 600. The Morgan fingerprint density at radius 1 is 1.39 bits per heavy atom. The Labute approximate surface area is 103 Å². The third-order valence-electron chi connectivity index (χ3n) is 2.33. The van der Waals surface area contributed by atoms with E-state index >= 15 is 0 Å². The summed E-state index contributed by atoms with van der Waals surface area (Å²) in [4.78, 5) is 19.0. The fourth-order valence-corrected chi connectivity index (χ4v) is 1.44. The minimum Gasteiger partial charge on any atom is -0.478 e. The molecule has 0 aliphatic heterocycles. The van der Waals surface area contributed by atoms with Gasteiger partial charge in [0.15, 0.2) is 0 Å². The van der Waals surface area contributed by atoms with Crippen molar-refractivity contribution in [2.45, 2.75) is 0 Å². The Morgan fingerprint density at radius 3 is 2.61 bits per heavy atom. The molecule has 7 nitrogen and oxygen atoms in total. The standard InChI is InChI=1S/C11H11N5O2/c1-16-6-7(3-15-16)9-4-14-10(5-13-9)8(2-12)11(17)18/h2-6H,12H2,1H3,(H,17,18). The molecule has 3 N–H and O–H groups in total. The Balaban J connectivity index is 2.33. The lowest BCUT2D eigenvalue weighted by Gasteiger charge is -2.01. The van der Waals surface area contributed by atoms with Gasteiger partial charge in [-0.15, -0.1) is 0 Å². The second kappa shape index (κ2) is 4.66. The topological polar surface area (TPSA) is 107 Å². The maximum atomic E-state index is 10.9. The molecular formula is C11H11N5O2. The van der Waals surface area contributed by atoms with Crippen LogP contribution in [0.4, 0.5) is 0 Å². The molecule has 92 valence electrons. The monoisotopic (exact) mass is 245 g/mol. The number of aliphatic carboxylic acids is 1. The maximum Gasteiger partial charge on any atom is 0.339 e. The fraction of sp³-hybridized carbons (Fsp3) is 0.0909. The molecule has 0 atom stereocenters. The summed E-state index contributed by atoms with van der Waals surface area (Å²) >= 11 is 0. The van der Waals surface area contributed by atoms with Gasteiger partial charge >= 0.3 is 5.97 Å². The second-order valence-electron chi connectivity index (χ2n) is 3.58. The first-order valence-corrected chi connectivity index (χ1v) is 5.08. The largest absolute Gasteiger partial charge is 0.478 e. The van der Waals surface area contributed by atoms with Crippen LogP contribution in [-0.2, 0) is 11.8 Å². The predicted octanol–water partition coefficient (Wildman–Crippen LogP) is 0.261. The van der Waals surface area contributed by atoms with E-state index in [1.165, 1.54) is 12.4 Å². The van der Waals surface area contributed by atoms with E-state index < -0.39 is 5.97 Å². The number of aryl methyl sites for hydroxylation is 1. The van der Waals surface area contributed by atoms with Crippen molar-refractivity contribution in [3.05, 3.63) is 36.7 Å². The zero-order chi connectivity index (χ0) is 13.1. The number of nitrogens with zero attached hydrogens (tertiary/aromatic N) is 4. The second-order valence-corrected chi connectivity index (χ2v) is 3.58. The lowest BCUT2D eigenvalue weighted by atomic mass is 10.2. The summed E-state index contributed by atoms with van der Waals surface area (Å²) in [6, 6.07) is 0. The molecule has 0 amide bonds. The molecule has 18 heavy (non-hydrogen) atoms. The van der Waals surface area contributed by atoms with E-state index in [0.717, 1.165) is 11.8 Å². The van der Waals surface area contributed by atoms with E-state index in [1.807, 2.05) is 0 Å². The average molecular weight is 245 g/mol. The molecule has 2 aromatic heterocycles. The minimum atomic E-state index is -1.14. The summed E-state index contributed by atoms with van der Waals surface area (Å²) in [6.45, 7) is 0. The quantitative estimate of drug-likeness (QED) is 0.751. The van der Waals surface area contributed by atoms with Crippen LogP contribution in [0, 0.1) is 0 Å². The highest BCUT2D eigenvalue weighted by Gasteiger charge is 2.12. The molecule has 0 fully saturated rings. The SMILES string of the molecule is Cn1cc(-c2cnc(C(=CN)C(=O)O)cn2)cn1. The molecule has 0 saturated heterocycles. The summed E-state index contributed by atoms with van der Waals surface area (Å²) in [5.74, 6) is -1.14. The molecule has 2 rings (SSSR count). The molecule has 2 heterocycles. The summed E-state index contributed by atoms with van der Waals surface area (Å²) in [5.41, 5.74) is 6.80. The van der Waals surface area contributed by atoms with Gasteiger partial charge in [0, 0.05) is 25.0 Å². The third kappa shape index (κ3) is 2.19. The Kier molecular flexibility index (Phi) is 3.05. The molecule has 0 unspecified atom stereocenters. The molecule has 0 aliphatic carbocycles. The fourth-order valence-electron chi connectivity index (χ4n) is 1.44. The van der Waals surface area contributed by atoms with Crippen molar-refractivity contribution < 1.29 is 9.90 Å². The number of carboxylic acids is 1. The summed E-state index contributed by atoms with van der Waals surface area (Å²) in [5, 5.41) is 12.9. The molecule has 2 aromatic rings. The van der Waals surface area contributed by atoms with Crippen molar-refractivity contribution in [2.24, 2.45) is 12.8 Å². The highest BCUT2D eigenvalue weighted by Crippen LogP contribution is 2.16. The zero-order valence-electron chi connectivity index (χ0n) is 9.61. The van der Waals surface area contributed by atoms with Crippen LogP contribution in [0.5, 0.6) is 0 Å². The van der Waals surface area contributed by atoms with Gasteiger partial charge in [0.1, 0.15) is 5.57 Å². The van der Waals surface area contributed by atoms with E-state index in [0.29, 0.717) is 5.69 Å². The lowest BCUT2D eigenvalue weighted by molar-refractivity contribution is -0.130. The predicted molar refractivity (Wildman–Crippen MR) is 64.0 cm³/mol. The van der Waals surface area contributed by atoms with Crippen molar-refractivity contribution in [3.8, 4) is 11.3 Å². The number of carbonyl (C=O) groups is 1. The number of hydrogen-bond acceptors (Lipinski definition) is 5. The molecule has 0 saturated carbocycles. The van der Waals surface area contributed by atoms with Gasteiger partial charge in [-0.3, -0.25) is 14.6 Å². The zero-order valence-corrected chi connectivity index (χ0v) is 9.61. The molecule has 0 radical (unpaired) electrons. The molecule has 7 heteroatoms. The first-order chi connectivity index (χ1) is 8.61. The van der Waals surface area contributed by atoms with Gasteiger partial charge in [-0.25, -0.2) is 4.79 Å². The molecular weight excluding hydrogens is 234 g/mol. The van der Waals surface area contributed by atoms with Crippen molar-refractivity contribution in [3.63, 3.8) is 0 Å². The van der Waals surface area contributed by atoms with Gasteiger partial charge in [-0.05, 0) is 0 Å². The highest BCUT2D eigenvalue weighted by molar-refractivity contribution is 6.14. The normalized spacial score (nSPS) is 11.5. The van der Waals surface area contributed by atoms with Crippen LogP contribution in [0.1, 0.15) is 5.69 Å². The van der Waals surface area contributed by atoms with Gasteiger partial charge in [-0.2, -0.15) is 5.10 Å². The van der Waals surface area contributed by atoms with Crippen molar-refractivity contribution >= 4 is 11.5 Å². The van der Waals surface area contributed by atoms with Gasteiger partial charge < -0.3 is 10.8 Å². The van der Waals surface area contributed by atoms with Crippen LogP contribution in [0.25, 0.3) is 16.8 Å². The van der Waals surface area contributed by atoms with Crippen LogP contribution < -0.4 is 5.73 Å². The smallest absolute Gasteiger partial charge is 0.339 e. The van der Waals surface area contributed by atoms with Gasteiger partial charge in [-0.1, -0.05) is 0 Å². The molecule has 0 bridgehead atoms. The number of carboxylic acid groups (broad SMARTS) is 1. The van der Waals surface area contributed by atoms with Crippen LogP contribution in [0.2, 0.25) is 0 Å². The van der Waals surface area contributed by atoms with Crippen molar-refractivity contribution in [2.75, 3.05) is 0 Å². The highest BCUT2D eigenvalue weighted by atomic mass is 16.4. The number of rotatable bonds is 3. The molecule has 0 aromatic carbocycles. The minimum absolute atomic E-state index is 0.0831. The summed E-state index contributed by atoms with van der Waals surface area (Å²) in [7, 11) is 1.80. The average Bonchev–Trinajstić information content (AvgIpc) is 2.77. The van der Waals surface area contributed by atoms with Crippen LogP contribution in [0.15, 0.2) is 31.0 Å². The number of hydrogen-bond donors (Lipinski definition) is 2. The van der Waals surface area contributed by atoms with E-state index in [9.17, 15) is 4.79 Å². The Hall–Kier alpha value is -2.70. The van der Waals surface area contributed by atoms with Crippen LogP contribution >= 0.6 is 0 Å². The third-order valence-corrected chi connectivity index (χ3v) is 2.33. The number of nitrogens with two attached hydrogens (primary N) is 1. The van der Waals surface area contributed by atoms with E-state index in [2.05, 4.69) is 15.1 Å². The van der Waals surface area contributed by atoms with Crippen LogP contribution in [0.3, 0.4) is 0 Å². The Morgan fingerprint density at radius 2 is 2.17 bits per heavy atom. The first kappa shape index (κ1) is 11.8. The summed E-state index contributed by atoms with van der Waals surface area (Å²) < 4.78 is 1.65. The van der Waals surface area contributed by atoms with Crippen LogP contribution in [-0.4, -0.2) is 30.8 Å². The lowest BCUT2D eigenvalue weighted by Crippen LogP contribution is -2.04. The maximum absolute atomic E-state index is 10.9. The summed E-state index contributed by atoms with van der Waals surface area (Å²) in [6.07, 6.45) is 7.30. The van der Waals surface area contributed by atoms with Gasteiger partial charge in [0.05, 0.1) is 30.0 Å². The van der Waals surface area contributed by atoms with Crippen molar-refractivity contribution in [1.82, 2.24) is 19.7 Å². The number of aromatic nitrogens is 4. The molecule has 0 spiro atoms. The van der Waals surface area contributed by atoms with Gasteiger partial charge in [0.2, 0.25) is 0 Å². The van der Waals surface area contributed by atoms with Crippen molar-refractivity contribution in [1.29, 1.82) is 0 Å². The van der Waals surface area contributed by atoms with Gasteiger partial charge in [0.25, 0.3) is 0 Å². The van der Waals surface area contributed by atoms with E-state index in [-0.39, 0.29) is 11.3 Å². The first-order valence-electron chi connectivity index (χ1n) is 5.08.